The number of hydrogen-bond donors (Lipinski definition) is 0. The summed E-state index contributed by atoms with van der Waals surface area (Å²) < 4.78 is 0. The molecule has 1 aromatic carbocycles. The Morgan fingerprint density at radius 3 is 0.545 bits per heavy atom. The van der Waals surface area contributed by atoms with Crippen molar-refractivity contribution in [2.75, 3.05) is 0 Å². The molecule has 0 atom stereocenters. The van der Waals surface area contributed by atoms with Crippen LogP contribution in [0, 0.1) is 0 Å². The molecular formula is C29H59N3Ti. The van der Waals surface area contributed by atoms with Gasteiger partial charge in [-0.1, -0.05) is 125 Å². The summed E-state index contributed by atoms with van der Waals surface area (Å²) in [6.07, 6.45) is 0. The van der Waals surface area contributed by atoms with Gasteiger partial charge in [-0.3, -0.25) is 0 Å². The molecule has 0 N–H and O–H groups in total. The van der Waals surface area contributed by atoms with Gasteiger partial charge in [0.25, 0.3) is 0 Å². The van der Waals surface area contributed by atoms with Gasteiger partial charge in [-0.05, 0) is 0 Å². The molecule has 3 nitrogen and oxygen atoms in total. The molecule has 0 amide bonds. The van der Waals surface area contributed by atoms with Crippen molar-refractivity contribution in [3.05, 3.63) is 46.3 Å². The van der Waals surface area contributed by atoms with Gasteiger partial charge in [0.1, 0.15) is 0 Å². The predicted molar refractivity (Wildman–Crippen MR) is 151 cm³/mol. The van der Waals surface area contributed by atoms with Gasteiger partial charge in [0.15, 0.2) is 0 Å². The molecule has 0 saturated carbocycles. The minimum Gasteiger partial charge on any atom is -0.653 e. The molecule has 4 heteroatoms. The van der Waals surface area contributed by atoms with Crippen LogP contribution in [0.5, 0.6) is 0 Å². The van der Waals surface area contributed by atoms with E-state index < -0.39 is 0 Å². The first kappa shape index (κ1) is 40.1. The maximum Gasteiger partial charge on any atom is 4.00 e. The second-order valence-corrected chi connectivity index (χ2v) is 14.3. The number of rotatable bonds is 0. The van der Waals surface area contributed by atoms with Crippen molar-refractivity contribution in [1.82, 2.24) is 0 Å². The van der Waals surface area contributed by atoms with Crippen molar-refractivity contribution < 1.29 is 21.7 Å². The molecule has 33 heavy (non-hydrogen) atoms. The van der Waals surface area contributed by atoms with Gasteiger partial charge in [-0.15, -0.1) is 33.2 Å². The fraction of sp³-hybridized carbons (Fsp3) is 0.828. The van der Waals surface area contributed by atoms with Crippen LogP contribution in [0.25, 0.3) is 16.0 Å². The van der Waals surface area contributed by atoms with Gasteiger partial charge in [0, 0.05) is 0 Å². The second kappa shape index (κ2) is 15.8. The van der Waals surface area contributed by atoms with Gasteiger partial charge in [-0.25, -0.2) is 12.1 Å². The quantitative estimate of drug-likeness (QED) is 0.253. The molecule has 0 spiro atoms. The normalized spacial score (nSPS) is 12.7. The maximum atomic E-state index is 4.54. The molecule has 0 fully saturated rings. The molecule has 0 radical (unpaired) electrons. The first-order chi connectivity index (χ1) is 13.6. The first-order valence-corrected chi connectivity index (χ1v) is 12.0. The zero-order valence-corrected chi connectivity index (χ0v) is 27.3. The largest absolute Gasteiger partial charge is 4.00 e. The molecule has 0 aromatic heterocycles. The van der Waals surface area contributed by atoms with Crippen LogP contribution < -0.4 is 0 Å². The molecule has 0 aliphatic carbocycles. The second-order valence-electron chi connectivity index (χ2n) is 14.3. The van der Waals surface area contributed by atoms with E-state index in [-0.39, 0.29) is 55.0 Å². The Balaban J connectivity index is -0.000000171. The molecule has 1 rings (SSSR count). The van der Waals surface area contributed by atoms with Crippen molar-refractivity contribution in [2.24, 2.45) is 0 Å². The number of nitrogens with zero attached hydrogens (tertiary/aromatic N) is 3. The van der Waals surface area contributed by atoms with Gasteiger partial charge in [0.2, 0.25) is 0 Å². The summed E-state index contributed by atoms with van der Waals surface area (Å²) in [5.74, 6) is 0. The van der Waals surface area contributed by atoms with Gasteiger partial charge in [-0.2, -0.15) is 18.2 Å². The van der Waals surface area contributed by atoms with Gasteiger partial charge < -0.3 is 16.0 Å². The molecular weight excluding hydrogens is 438 g/mol. The average Bonchev–Trinajstić information content (AvgIpc) is 2.82. The van der Waals surface area contributed by atoms with Gasteiger partial charge in [0.05, 0.1) is 0 Å². The maximum absolute atomic E-state index is 4.54. The molecule has 0 saturated heterocycles. The van der Waals surface area contributed by atoms with Crippen LogP contribution in [0.2, 0.25) is 0 Å². The smallest absolute Gasteiger partial charge is 0.653 e. The summed E-state index contributed by atoms with van der Waals surface area (Å²) in [6.45, 7) is 38.2. The molecule has 194 valence electrons. The van der Waals surface area contributed by atoms with E-state index in [1.54, 1.807) is 0 Å². The summed E-state index contributed by atoms with van der Waals surface area (Å²) in [4.78, 5) is 0. The minimum absolute atomic E-state index is 0. The monoisotopic (exact) mass is 497 g/mol. The third kappa shape index (κ3) is 54.4. The summed E-state index contributed by atoms with van der Waals surface area (Å²) >= 11 is 0. The van der Waals surface area contributed by atoms with Crippen LogP contribution in [0.1, 0.15) is 125 Å². The predicted octanol–water partition coefficient (Wildman–Crippen LogP) is 10.3. The van der Waals surface area contributed by atoms with Crippen molar-refractivity contribution in [2.45, 2.75) is 158 Å². The van der Waals surface area contributed by atoms with Gasteiger partial charge >= 0.3 is 21.7 Å². The van der Waals surface area contributed by atoms with Crippen LogP contribution >= 0.6 is 0 Å². The fourth-order valence-electron chi connectivity index (χ4n) is 3.34. The van der Waals surface area contributed by atoms with Crippen molar-refractivity contribution in [3.8, 4) is 0 Å². The molecule has 0 aliphatic heterocycles. The summed E-state index contributed by atoms with van der Waals surface area (Å²) in [6, 6.07) is 10.0. The van der Waals surface area contributed by atoms with Crippen LogP contribution in [0.4, 0.5) is 0 Å². The standard InChI is InChI=1S/3C8H18N.C5H5.Ti/c3*1-7(2,3)9-8(4,5)6;1-2-4-5-3-1;/h3*1-6H3;1-5H;/q4*-1;+4. The SMILES string of the molecule is CC(C)(C)[N-]C(C)(C)C.CC(C)(C)[N-]C(C)(C)C.CC(C)(C)[N-]C(C)(C)C.[Ti+4].c1cc[cH-]c1. The Morgan fingerprint density at radius 2 is 0.515 bits per heavy atom. The molecule has 0 heterocycles. The minimum atomic E-state index is 0. The van der Waals surface area contributed by atoms with E-state index in [2.05, 4.69) is 141 Å². The summed E-state index contributed by atoms with van der Waals surface area (Å²) in [7, 11) is 0. The Labute approximate surface area is 225 Å². The zero-order valence-electron chi connectivity index (χ0n) is 25.7. The molecule has 0 aliphatic rings. The van der Waals surface area contributed by atoms with E-state index in [0.29, 0.717) is 0 Å². The zero-order chi connectivity index (χ0) is 26.7. The molecule has 0 unspecified atom stereocenters. The van der Waals surface area contributed by atoms with E-state index >= 15 is 0 Å². The van der Waals surface area contributed by atoms with E-state index in [0.717, 1.165) is 0 Å². The Morgan fingerprint density at radius 1 is 0.364 bits per heavy atom. The Bertz CT molecular complexity index is 420. The van der Waals surface area contributed by atoms with Crippen molar-refractivity contribution in [3.63, 3.8) is 0 Å². The summed E-state index contributed by atoms with van der Waals surface area (Å²) in [5.41, 5.74) is 0.656. The molecule has 1 aromatic rings. The topological polar surface area (TPSA) is 42.3 Å². The third-order valence-electron chi connectivity index (χ3n) is 2.57. The van der Waals surface area contributed by atoms with Crippen LogP contribution in [0.15, 0.2) is 30.3 Å². The van der Waals surface area contributed by atoms with Crippen LogP contribution in [-0.2, 0) is 21.7 Å². The Kier molecular flexibility index (Phi) is 19.3. The Hall–Kier alpha value is -0.0557. The van der Waals surface area contributed by atoms with Crippen molar-refractivity contribution >= 4 is 0 Å². The van der Waals surface area contributed by atoms with E-state index in [9.17, 15) is 0 Å². The van der Waals surface area contributed by atoms with E-state index in [1.165, 1.54) is 0 Å². The summed E-state index contributed by atoms with van der Waals surface area (Å²) in [5, 5.41) is 13.6. The van der Waals surface area contributed by atoms with Crippen LogP contribution in [-0.4, -0.2) is 33.2 Å². The average molecular weight is 498 g/mol. The number of hydrogen-bond acceptors (Lipinski definition) is 0. The third-order valence-corrected chi connectivity index (χ3v) is 2.57. The van der Waals surface area contributed by atoms with E-state index in [1.807, 2.05) is 30.3 Å². The molecule has 0 bridgehead atoms. The van der Waals surface area contributed by atoms with Crippen molar-refractivity contribution in [1.29, 1.82) is 0 Å². The fourth-order valence-corrected chi connectivity index (χ4v) is 3.34. The first-order valence-electron chi connectivity index (χ1n) is 12.0. The van der Waals surface area contributed by atoms with E-state index in [4.69, 9.17) is 0 Å². The van der Waals surface area contributed by atoms with Crippen LogP contribution in [0.3, 0.4) is 0 Å².